The molecule has 1 heterocycles. The Morgan fingerprint density at radius 2 is 1.77 bits per heavy atom. The summed E-state index contributed by atoms with van der Waals surface area (Å²) in [5, 5.41) is 3.41. The van der Waals surface area contributed by atoms with Crippen LogP contribution < -0.4 is 10.1 Å². The Balaban J connectivity index is 1.51. The van der Waals surface area contributed by atoms with Crippen LogP contribution in [0.25, 0.3) is 0 Å². The number of amides is 2. The fourth-order valence-corrected chi connectivity index (χ4v) is 2.90. The number of rotatable bonds is 9. The van der Waals surface area contributed by atoms with Gasteiger partial charge in [-0.25, -0.2) is 4.39 Å². The van der Waals surface area contributed by atoms with E-state index >= 15 is 0 Å². The maximum absolute atomic E-state index is 12.9. The van der Waals surface area contributed by atoms with Gasteiger partial charge >= 0.3 is 0 Å². The van der Waals surface area contributed by atoms with Crippen LogP contribution in [-0.2, 0) is 17.9 Å². The van der Waals surface area contributed by atoms with Crippen LogP contribution in [0.1, 0.15) is 28.8 Å². The molecule has 0 aliphatic carbocycles. The normalized spacial score (nSPS) is 10.5. The molecule has 6 nitrogen and oxygen atoms in total. The molecule has 0 aliphatic heterocycles. The van der Waals surface area contributed by atoms with Crippen molar-refractivity contribution < 1.29 is 23.1 Å². The first-order valence-corrected chi connectivity index (χ1v) is 10.1. The molecular weight excluding hydrogens is 423 g/mol. The predicted molar refractivity (Wildman–Crippen MR) is 114 cm³/mol. The monoisotopic (exact) mass is 444 g/mol. The summed E-state index contributed by atoms with van der Waals surface area (Å²) in [5.74, 6) is 0.0167. The summed E-state index contributed by atoms with van der Waals surface area (Å²) in [7, 11) is 0. The smallest absolute Gasteiger partial charge is 0.290 e. The Labute approximate surface area is 184 Å². The van der Waals surface area contributed by atoms with Gasteiger partial charge in [0.05, 0.1) is 6.54 Å². The van der Waals surface area contributed by atoms with Crippen molar-refractivity contribution in [1.82, 2.24) is 10.2 Å². The fourth-order valence-electron chi connectivity index (χ4n) is 2.77. The lowest BCUT2D eigenvalue weighted by molar-refractivity contribution is -0.121. The molecule has 1 N–H and O–H groups in total. The van der Waals surface area contributed by atoms with Gasteiger partial charge in [-0.1, -0.05) is 23.7 Å². The number of halogens is 2. The van der Waals surface area contributed by atoms with Gasteiger partial charge in [0.15, 0.2) is 5.76 Å². The van der Waals surface area contributed by atoms with Gasteiger partial charge in [0.25, 0.3) is 5.91 Å². The molecule has 2 amide bonds. The number of carbonyl (C=O) groups excluding carboxylic acids is 2. The minimum Gasteiger partial charge on any atom is -0.486 e. The number of nitrogens with one attached hydrogen (secondary N) is 1. The highest BCUT2D eigenvalue weighted by molar-refractivity contribution is 6.30. The summed E-state index contributed by atoms with van der Waals surface area (Å²) < 4.78 is 24.0. The molecular formula is C23H22ClFN2O4. The molecule has 31 heavy (non-hydrogen) atoms. The van der Waals surface area contributed by atoms with Crippen LogP contribution in [0.5, 0.6) is 5.75 Å². The maximum atomic E-state index is 12.9. The molecule has 3 aromatic rings. The molecule has 1 aromatic heterocycles. The zero-order chi connectivity index (χ0) is 22.2. The zero-order valence-corrected chi connectivity index (χ0v) is 17.7. The van der Waals surface area contributed by atoms with Gasteiger partial charge in [-0.3, -0.25) is 9.59 Å². The Kier molecular flexibility index (Phi) is 7.67. The van der Waals surface area contributed by atoms with Crippen molar-refractivity contribution >= 4 is 23.4 Å². The van der Waals surface area contributed by atoms with Crippen molar-refractivity contribution in [2.24, 2.45) is 0 Å². The van der Waals surface area contributed by atoms with E-state index in [2.05, 4.69) is 5.32 Å². The van der Waals surface area contributed by atoms with Gasteiger partial charge < -0.3 is 19.4 Å². The quantitative estimate of drug-likeness (QED) is 0.530. The van der Waals surface area contributed by atoms with E-state index in [0.29, 0.717) is 29.6 Å². The predicted octanol–water partition coefficient (Wildman–Crippen LogP) is 4.43. The molecule has 162 valence electrons. The topological polar surface area (TPSA) is 71.8 Å². The summed E-state index contributed by atoms with van der Waals surface area (Å²) in [6, 6.07) is 15.9. The number of furan rings is 1. The first-order chi connectivity index (χ1) is 14.9. The van der Waals surface area contributed by atoms with Crippen LogP contribution in [0.15, 0.2) is 65.1 Å². The van der Waals surface area contributed by atoms with Gasteiger partial charge in [0.2, 0.25) is 5.91 Å². The largest absolute Gasteiger partial charge is 0.486 e. The lowest BCUT2D eigenvalue weighted by Crippen LogP contribution is -2.40. The standard InChI is InChI=1S/C23H22ClFN2O4/c1-2-27(14-22(28)26-13-16-3-5-17(24)6-4-16)23(29)21-12-11-20(31-21)15-30-19-9-7-18(25)8-10-19/h3-12H,2,13-15H2,1H3,(H,26,28). The minimum absolute atomic E-state index is 0.0899. The molecule has 2 aromatic carbocycles. The van der Waals surface area contributed by atoms with E-state index in [9.17, 15) is 14.0 Å². The number of likely N-dealkylation sites (N-methyl/N-ethyl adjacent to an activating group) is 1. The van der Waals surface area contributed by atoms with Crippen molar-refractivity contribution in [3.05, 3.63) is 88.6 Å². The Hall–Kier alpha value is -3.32. The summed E-state index contributed by atoms with van der Waals surface area (Å²) in [6.07, 6.45) is 0. The lowest BCUT2D eigenvalue weighted by Gasteiger charge is -2.19. The molecule has 0 atom stereocenters. The van der Waals surface area contributed by atoms with E-state index in [1.165, 1.54) is 29.2 Å². The van der Waals surface area contributed by atoms with Crippen LogP contribution in [0.4, 0.5) is 4.39 Å². The minimum atomic E-state index is -0.392. The van der Waals surface area contributed by atoms with Crippen molar-refractivity contribution in [3.63, 3.8) is 0 Å². The van der Waals surface area contributed by atoms with Crippen LogP contribution in [-0.4, -0.2) is 29.8 Å². The highest BCUT2D eigenvalue weighted by Crippen LogP contribution is 2.16. The number of hydrogen-bond acceptors (Lipinski definition) is 4. The lowest BCUT2D eigenvalue weighted by atomic mass is 10.2. The molecule has 0 aliphatic rings. The molecule has 0 unspecified atom stereocenters. The van der Waals surface area contributed by atoms with Gasteiger partial charge in [-0.2, -0.15) is 0 Å². The van der Waals surface area contributed by atoms with E-state index < -0.39 is 5.91 Å². The van der Waals surface area contributed by atoms with Crippen molar-refractivity contribution in [2.45, 2.75) is 20.1 Å². The Bertz CT molecular complexity index is 1020. The zero-order valence-electron chi connectivity index (χ0n) is 16.9. The second kappa shape index (κ2) is 10.6. The van der Waals surface area contributed by atoms with E-state index in [4.69, 9.17) is 20.8 Å². The molecule has 0 fully saturated rings. The van der Waals surface area contributed by atoms with E-state index in [1.807, 2.05) is 12.1 Å². The van der Waals surface area contributed by atoms with Crippen LogP contribution in [0.2, 0.25) is 5.02 Å². The third-order valence-electron chi connectivity index (χ3n) is 4.47. The van der Waals surface area contributed by atoms with E-state index in [1.54, 1.807) is 31.2 Å². The highest BCUT2D eigenvalue weighted by atomic mass is 35.5. The van der Waals surface area contributed by atoms with Crippen molar-refractivity contribution in [2.75, 3.05) is 13.1 Å². The number of carbonyl (C=O) groups is 2. The van der Waals surface area contributed by atoms with Crippen LogP contribution in [0.3, 0.4) is 0 Å². The average molecular weight is 445 g/mol. The van der Waals surface area contributed by atoms with Gasteiger partial charge in [0.1, 0.15) is 23.9 Å². The van der Waals surface area contributed by atoms with E-state index in [-0.39, 0.29) is 30.6 Å². The second-order valence-electron chi connectivity index (χ2n) is 6.73. The second-order valence-corrected chi connectivity index (χ2v) is 7.17. The number of nitrogens with zero attached hydrogens (tertiary/aromatic N) is 1. The number of ether oxygens (including phenoxy) is 1. The molecule has 0 bridgehead atoms. The molecule has 0 spiro atoms. The first kappa shape index (κ1) is 22.4. The molecule has 0 saturated carbocycles. The van der Waals surface area contributed by atoms with E-state index in [0.717, 1.165) is 5.56 Å². The third kappa shape index (κ3) is 6.58. The summed E-state index contributed by atoms with van der Waals surface area (Å²) in [6.45, 7) is 2.46. The average Bonchev–Trinajstić information content (AvgIpc) is 3.25. The number of hydrogen-bond donors (Lipinski definition) is 1. The van der Waals surface area contributed by atoms with Crippen LogP contribution in [0, 0.1) is 5.82 Å². The summed E-state index contributed by atoms with van der Waals surface area (Å²) in [4.78, 5) is 26.4. The highest BCUT2D eigenvalue weighted by Gasteiger charge is 2.20. The molecule has 0 saturated heterocycles. The van der Waals surface area contributed by atoms with Crippen molar-refractivity contribution in [3.8, 4) is 5.75 Å². The fraction of sp³-hybridized carbons (Fsp3) is 0.217. The first-order valence-electron chi connectivity index (χ1n) is 9.72. The number of benzene rings is 2. The van der Waals surface area contributed by atoms with Crippen LogP contribution >= 0.6 is 11.6 Å². The SMILES string of the molecule is CCN(CC(=O)NCc1ccc(Cl)cc1)C(=O)c1ccc(COc2ccc(F)cc2)o1. The summed E-state index contributed by atoms with van der Waals surface area (Å²) in [5.41, 5.74) is 0.906. The molecule has 0 radical (unpaired) electrons. The van der Waals surface area contributed by atoms with Crippen molar-refractivity contribution in [1.29, 1.82) is 0 Å². The Morgan fingerprint density at radius 3 is 2.45 bits per heavy atom. The Morgan fingerprint density at radius 1 is 1.06 bits per heavy atom. The summed E-state index contributed by atoms with van der Waals surface area (Å²) >= 11 is 5.85. The third-order valence-corrected chi connectivity index (χ3v) is 4.73. The molecule has 3 rings (SSSR count). The van der Waals surface area contributed by atoms with Gasteiger partial charge in [0, 0.05) is 18.1 Å². The van der Waals surface area contributed by atoms with Gasteiger partial charge in [-0.15, -0.1) is 0 Å². The maximum Gasteiger partial charge on any atom is 0.290 e. The molecule has 8 heteroatoms. The van der Waals surface area contributed by atoms with Gasteiger partial charge in [-0.05, 0) is 61.0 Å².